The van der Waals surface area contributed by atoms with Gasteiger partial charge in [0.25, 0.3) is 0 Å². The number of benzene rings is 1. The van der Waals surface area contributed by atoms with Crippen LogP contribution >= 0.6 is 0 Å². The first kappa shape index (κ1) is 9.93. The summed E-state index contributed by atoms with van der Waals surface area (Å²) in [5.41, 5.74) is 1.47. The Hall–Kier alpha value is -1.15. The van der Waals surface area contributed by atoms with Crippen molar-refractivity contribution < 1.29 is 4.74 Å². The Morgan fingerprint density at radius 1 is 1.31 bits per heavy atom. The Kier molecular flexibility index (Phi) is 3.65. The molecule has 1 aromatic rings. The van der Waals surface area contributed by atoms with E-state index in [1.165, 1.54) is 0 Å². The summed E-state index contributed by atoms with van der Waals surface area (Å²) in [5, 5.41) is 7.70. The number of hydrogen-bond acceptors (Lipinski definition) is 2. The van der Waals surface area contributed by atoms with Crippen molar-refractivity contribution in [3.05, 3.63) is 35.9 Å². The van der Waals surface area contributed by atoms with Gasteiger partial charge in [-0.25, -0.2) is 0 Å². The molecule has 2 nitrogen and oxygen atoms in total. The lowest BCUT2D eigenvalue weighted by Crippen LogP contribution is -2.13. The van der Waals surface area contributed by atoms with Gasteiger partial charge in [0, 0.05) is 0 Å². The largest absolute Gasteiger partial charge is 0.373 e. The van der Waals surface area contributed by atoms with Crippen molar-refractivity contribution in [1.82, 2.24) is 0 Å². The molecule has 1 aromatic carbocycles. The molecule has 0 bridgehead atoms. The molecular weight excluding hydrogens is 162 g/mol. The summed E-state index contributed by atoms with van der Waals surface area (Å²) in [4.78, 5) is 0. The van der Waals surface area contributed by atoms with Crippen LogP contribution in [0.1, 0.15) is 19.4 Å². The van der Waals surface area contributed by atoms with E-state index < -0.39 is 0 Å². The Morgan fingerprint density at radius 2 is 1.92 bits per heavy atom. The Morgan fingerprint density at radius 3 is 2.46 bits per heavy atom. The second-order valence-electron chi connectivity index (χ2n) is 3.20. The van der Waals surface area contributed by atoms with Crippen molar-refractivity contribution in [2.75, 3.05) is 6.61 Å². The van der Waals surface area contributed by atoms with Gasteiger partial charge in [-0.3, -0.25) is 0 Å². The van der Waals surface area contributed by atoms with Gasteiger partial charge in [-0.05, 0) is 19.4 Å². The molecule has 0 aliphatic heterocycles. The maximum atomic E-state index is 7.70. The van der Waals surface area contributed by atoms with Crippen LogP contribution in [0.3, 0.4) is 0 Å². The highest BCUT2D eigenvalue weighted by Gasteiger charge is 2.01. The molecule has 0 atom stereocenters. The molecule has 0 aliphatic rings. The van der Waals surface area contributed by atoms with Crippen molar-refractivity contribution >= 4 is 5.71 Å². The quantitative estimate of drug-likeness (QED) is 0.704. The number of ether oxygens (including phenoxy) is 1. The van der Waals surface area contributed by atoms with E-state index in [2.05, 4.69) is 0 Å². The lowest BCUT2D eigenvalue weighted by molar-refractivity contribution is 0.111. The van der Waals surface area contributed by atoms with Crippen molar-refractivity contribution in [3.8, 4) is 0 Å². The highest BCUT2D eigenvalue weighted by molar-refractivity contribution is 5.99. The molecule has 13 heavy (non-hydrogen) atoms. The molecule has 0 saturated heterocycles. The first-order chi connectivity index (χ1) is 6.20. The third kappa shape index (κ3) is 3.38. The molecule has 70 valence electrons. The fourth-order valence-electron chi connectivity index (χ4n) is 0.973. The van der Waals surface area contributed by atoms with Crippen LogP contribution in [0, 0.1) is 5.41 Å². The first-order valence-electron chi connectivity index (χ1n) is 4.44. The maximum Gasteiger partial charge on any atom is 0.0890 e. The van der Waals surface area contributed by atoms with Gasteiger partial charge in [0.15, 0.2) is 0 Å². The monoisotopic (exact) mass is 177 g/mol. The molecule has 0 saturated carbocycles. The van der Waals surface area contributed by atoms with Gasteiger partial charge in [-0.15, -0.1) is 0 Å². The van der Waals surface area contributed by atoms with E-state index in [9.17, 15) is 0 Å². The predicted molar refractivity (Wildman–Crippen MR) is 54.4 cm³/mol. The summed E-state index contributed by atoms with van der Waals surface area (Å²) in [6.07, 6.45) is 0.184. The topological polar surface area (TPSA) is 33.1 Å². The molecule has 0 amide bonds. The highest BCUT2D eigenvalue weighted by atomic mass is 16.5. The van der Waals surface area contributed by atoms with E-state index in [1.54, 1.807) is 0 Å². The van der Waals surface area contributed by atoms with E-state index in [1.807, 2.05) is 44.2 Å². The molecular formula is C11H15NO. The number of nitrogens with one attached hydrogen (secondary N) is 1. The van der Waals surface area contributed by atoms with Crippen molar-refractivity contribution in [1.29, 1.82) is 5.41 Å². The zero-order valence-corrected chi connectivity index (χ0v) is 8.08. The van der Waals surface area contributed by atoms with E-state index in [-0.39, 0.29) is 6.10 Å². The van der Waals surface area contributed by atoms with E-state index >= 15 is 0 Å². The predicted octanol–water partition coefficient (Wildman–Crippen LogP) is 2.48. The van der Waals surface area contributed by atoms with Crippen LogP contribution in [-0.4, -0.2) is 18.4 Å². The van der Waals surface area contributed by atoms with Crippen molar-refractivity contribution in [3.63, 3.8) is 0 Å². The Bertz CT molecular complexity index is 267. The first-order valence-corrected chi connectivity index (χ1v) is 4.44. The summed E-state index contributed by atoms with van der Waals surface area (Å²) in [7, 11) is 0. The third-order valence-electron chi connectivity index (χ3n) is 1.68. The summed E-state index contributed by atoms with van der Waals surface area (Å²) in [6, 6.07) is 9.65. The molecule has 0 radical (unpaired) electrons. The lowest BCUT2D eigenvalue weighted by atomic mass is 10.1. The molecule has 0 unspecified atom stereocenters. The normalized spacial score (nSPS) is 10.4. The average molecular weight is 177 g/mol. The molecule has 1 rings (SSSR count). The number of hydrogen-bond donors (Lipinski definition) is 1. The van der Waals surface area contributed by atoms with E-state index in [4.69, 9.17) is 10.1 Å². The van der Waals surface area contributed by atoms with Crippen molar-refractivity contribution in [2.45, 2.75) is 20.0 Å². The second-order valence-corrected chi connectivity index (χ2v) is 3.20. The fraction of sp³-hybridized carbons (Fsp3) is 0.364. The van der Waals surface area contributed by atoms with Gasteiger partial charge in [0.05, 0.1) is 18.4 Å². The SMILES string of the molecule is CC(C)OCC(=N)c1ccccc1. The zero-order valence-electron chi connectivity index (χ0n) is 8.08. The fourth-order valence-corrected chi connectivity index (χ4v) is 0.973. The third-order valence-corrected chi connectivity index (χ3v) is 1.68. The molecule has 1 N–H and O–H groups in total. The zero-order chi connectivity index (χ0) is 9.68. The summed E-state index contributed by atoms with van der Waals surface area (Å²) < 4.78 is 5.33. The Labute approximate surface area is 79.1 Å². The number of rotatable bonds is 4. The Balaban J connectivity index is 2.50. The summed E-state index contributed by atoms with van der Waals surface area (Å²) in [5.74, 6) is 0. The van der Waals surface area contributed by atoms with Gasteiger partial charge >= 0.3 is 0 Å². The second kappa shape index (κ2) is 4.77. The van der Waals surface area contributed by atoms with E-state index in [0.717, 1.165) is 5.56 Å². The van der Waals surface area contributed by atoms with Crippen LogP contribution < -0.4 is 0 Å². The minimum atomic E-state index is 0.184. The molecule has 0 aliphatic carbocycles. The van der Waals surface area contributed by atoms with Gasteiger partial charge in [-0.1, -0.05) is 30.3 Å². The molecule has 0 aromatic heterocycles. The van der Waals surface area contributed by atoms with Crippen LogP contribution in [0.5, 0.6) is 0 Å². The standard InChI is InChI=1S/C11H15NO/c1-9(2)13-8-11(12)10-6-4-3-5-7-10/h3-7,9,12H,8H2,1-2H3. The summed E-state index contributed by atoms with van der Waals surface area (Å²) in [6.45, 7) is 4.33. The van der Waals surface area contributed by atoms with Crippen LogP contribution in [0.4, 0.5) is 0 Å². The minimum Gasteiger partial charge on any atom is -0.373 e. The van der Waals surface area contributed by atoms with Crippen LogP contribution in [0.25, 0.3) is 0 Å². The van der Waals surface area contributed by atoms with Crippen LogP contribution in [0.15, 0.2) is 30.3 Å². The average Bonchev–Trinajstić information content (AvgIpc) is 2.15. The van der Waals surface area contributed by atoms with E-state index in [0.29, 0.717) is 12.3 Å². The smallest absolute Gasteiger partial charge is 0.0890 e. The minimum absolute atomic E-state index is 0.184. The summed E-state index contributed by atoms with van der Waals surface area (Å²) >= 11 is 0. The highest BCUT2D eigenvalue weighted by Crippen LogP contribution is 2.00. The molecule has 0 fully saturated rings. The molecule has 0 heterocycles. The molecule has 0 spiro atoms. The van der Waals surface area contributed by atoms with Gasteiger partial charge in [-0.2, -0.15) is 0 Å². The van der Waals surface area contributed by atoms with Gasteiger partial charge < -0.3 is 10.1 Å². The van der Waals surface area contributed by atoms with Gasteiger partial charge in [0.2, 0.25) is 0 Å². The van der Waals surface area contributed by atoms with Crippen LogP contribution in [-0.2, 0) is 4.74 Å². The van der Waals surface area contributed by atoms with Gasteiger partial charge in [0.1, 0.15) is 0 Å². The maximum absolute atomic E-state index is 7.70. The van der Waals surface area contributed by atoms with Crippen LogP contribution in [0.2, 0.25) is 0 Å². The lowest BCUT2D eigenvalue weighted by Gasteiger charge is -2.08. The molecule has 2 heteroatoms. The van der Waals surface area contributed by atoms with Crippen molar-refractivity contribution in [2.24, 2.45) is 0 Å².